The van der Waals surface area contributed by atoms with Gasteiger partial charge in [-0.2, -0.15) is 0 Å². The number of anilines is 1. The molecule has 0 fully saturated rings. The predicted molar refractivity (Wildman–Crippen MR) is 67.5 cm³/mol. The van der Waals surface area contributed by atoms with Crippen molar-refractivity contribution in [1.82, 2.24) is 14.8 Å². The number of aromatic nitrogens is 3. The summed E-state index contributed by atoms with van der Waals surface area (Å²) in [4.78, 5) is 0. The van der Waals surface area contributed by atoms with Gasteiger partial charge in [0.25, 0.3) is 0 Å². The molecule has 1 aliphatic rings. The molecule has 0 saturated carbocycles. The van der Waals surface area contributed by atoms with Gasteiger partial charge in [-0.3, -0.25) is 0 Å². The van der Waals surface area contributed by atoms with E-state index < -0.39 is 0 Å². The lowest BCUT2D eigenvalue weighted by molar-refractivity contribution is 0.466. The van der Waals surface area contributed by atoms with Gasteiger partial charge in [-0.05, 0) is 37.1 Å². The molecule has 2 N–H and O–H groups in total. The third-order valence-electron chi connectivity index (χ3n) is 3.41. The molecule has 88 valence electrons. The Kier molecular flexibility index (Phi) is 2.35. The predicted octanol–water partition coefficient (Wildman–Crippen LogP) is 2.42. The minimum Gasteiger partial charge on any atom is -0.399 e. The molecule has 2 aromatic rings. The summed E-state index contributed by atoms with van der Waals surface area (Å²) in [5.41, 5.74) is 7.57. The van der Waals surface area contributed by atoms with Crippen LogP contribution in [0.1, 0.15) is 31.5 Å². The summed E-state index contributed by atoms with van der Waals surface area (Å²) in [5.74, 6) is 2.59. The molecule has 1 aromatic heterocycles. The number of rotatable bonds is 1. The lowest BCUT2D eigenvalue weighted by Crippen LogP contribution is -2.14. The number of hydrogen-bond donors (Lipinski definition) is 1. The first-order valence-corrected chi connectivity index (χ1v) is 6.04. The van der Waals surface area contributed by atoms with Crippen molar-refractivity contribution in [3.05, 3.63) is 30.1 Å². The van der Waals surface area contributed by atoms with Crippen molar-refractivity contribution in [2.24, 2.45) is 0 Å². The molecule has 0 amide bonds. The van der Waals surface area contributed by atoms with Crippen LogP contribution < -0.4 is 5.73 Å². The highest BCUT2D eigenvalue weighted by Crippen LogP contribution is 2.29. The van der Waals surface area contributed by atoms with Gasteiger partial charge < -0.3 is 10.3 Å². The summed E-state index contributed by atoms with van der Waals surface area (Å²) in [7, 11) is 0. The first-order chi connectivity index (χ1) is 8.25. The van der Waals surface area contributed by atoms with Gasteiger partial charge in [0, 0.05) is 23.7 Å². The monoisotopic (exact) mass is 228 g/mol. The Bertz CT molecular complexity index is 527. The highest BCUT2D eigenvalue weighted by molar-refractivity contribution is 5.59. The summed E-state index contributed by atoms with van der Waals surface area (Å²) in [6.45, 7) is 3.23. The molecule has 0 saturated heterocycles. The number of nitrogens with two attached hydrogens (primary N) is 1. The highest BCUT2D eigenvalue weighted by Gasteiger charge is 2.22. The molecule has 1 atom stereocenters. The van der Waals surface area contributed by atoms with Crippen LogP contribution in [-0.2, 0) is 6.54 Å². The maximum Gasteiger partial charge on any atom is 0.163 e. The lowest BCUT2D eigenvalue weighted by Gasteiger charge is -2.20. The second kappa shape index (κ2) is 3.87. The van der Waals surface area contributed by atoms with Crippen LogP contribution in [0.15, 0.2) is 24.3 Å². The third kappa shape index (κ3) is 1.69. The molecular weight excluding hydrogens is 212 g/mol. The second-order valence-electron chi connectivity index (χ2n) is 4.70. The van der Waals surface area contributed by atoms with E-state index in [9.17, 15) is 0 Å². The van der Waals surface area contributed by atoms with Crippen molar-refractivity contribution in [1.29, 1.82) is 0 Å². The van der Waals surface area contributed by atoms with Gasteiger partial charge in [0.2, 0.25) is 0 Å². The maximum absolute atomic E-state index is 5.70. The highest BCUT2D eigenvalue weighted by atomic mass is 15.3. The average molecular weight is 228 g/mol. The zero-order chi connectivity index (χ0) is 11.8. The summed E-state index contributed by atoms with van der Waals surface area (Å²) < 4.78 is 2.24. The molecule has 0 aliphatic carbocycles. The molecule has 1 aromatic carbocycles. The normalized spacial score (nSPS) is 19.0. The van der Waals surface area contributed by atoms with Crippen molar-refractivity contribution < 1.29 is 0 Å². The summed E-state index contributed by atoms with van der Waals surface area (Å²) in [6, 6.07) is 7.82. The van der Waals surface area contributed by atoms with Crippen LogP contribution in [0, 0.1) is 0 Å². The van der Waals surface area contributed by atoms with Crippen LogP contribution in [0.5, 0.6) is 0 Å². The van der Waals surface area contributed by atoms with E-state index in [0.29, 0.717) is 5.92 Å². The largest absolute Gasteiger partial charge is 0.399 e. The van der Waals surface area contributed by atoms with Crippen molar-refractivity contribution in [2.45, 2.75) is 32.2 Å². The van der Waals surface area contributed by atoms with Gasteiger partial charge in [-0.25, -0.2) is 0 Å². The van der Waals surface area contributed by atoms with E-state index in [1.807, 2.05) is 24.3 Å². The van der Waals surface area contributed by atoms with Crippen molar-refractivity contribution in [2.75, 3.05) is 5.73 Å². The van der Waals surface area contributed by atoms with Crippen LogP contribution in [0.2, 0.25) is 0 Å². The first-order valence-electron chi connectivity index (χ1n) is 6.04. The first kappa shape index (κ1) is 10.3. The van der Waals surface area contributed by atoms with E-state index in [2.05, 4.69) is 21.7 Å². The third-order valence-corrected chi connectivity index (χ3v) is 3.41. The number of nitrogens with zero attached hydrogens (tertiary/aromatic N) is 3. The van der Waals surface area contributed by atoms with Gasteiger partial charge in [0.15, 0.2) is 5.82 Å². The van der Waals surface area contributed by atoms with Crippen LogP contribution in [0.25, 0.3) is 11.4 Å². The summed E-state index contributed by atoms with van der Waals surface area (Å²) in [5, 5.41) is 8.64. The zero-order valence-corrected chi connectivity index (χ0v) is 9.93. The molecule has 0 radical (unpaired) electrons. The van der Waals surface area contributed by atoms with Crippen molar-refractivity contribution in [3.8, 4) is 11.4 Å². The standard InChI is InChI=1S/C13H16N4/c1-9-3-2-8-17-12(9)15-16-13(17)10-4-6-11(14)7-5-10/h4-7,9H,2-3,8,14H2,1H3. The zero-order valence-electron chi connectivity index (χ0n) is 9.93. The van der Waals surface area contributed by atoms with Gasteiger partial charge in [-0.1, -0.05) is 6.92 Å². The van der Waals surface area contributed by atoms with E-state index in [4.69, 9.17) is 5.73 Å². The molecule has 4 heteroatoms. The van der Waals surface area contributed by atoms with Crippen molar-refractivity contribution in [3.63, 3.8) is 0 Å². The van der Waals surface area contributed by atoms with Gasteiger partial charge in [0.1, 0.15) is 5.82 Å². The number of nitrogen functional groups attached to an aromatic ring is 1. The molecule has 0 spiro atoms. The van der Waals surface area contributed by atoms with E-state index in [1.54, 1.807) is 0 Å². The Balaban J connectivity index is 2.07. The van der Waals surface area contributed by atoms with Crippen LogP contribution in [0.4, 0.5) is 5.69 Å². The number of fused-ring (bicyclic) bond motifs is 1. The fourth-order valence-electron chi connectivity index (χ4n) is 2.43. The van der Waals surface area contributed by atoms with E-state index >= 15 is 0 Å². The van der Waals surface area contributed by atoms with Crippen molar-refractivity contribution >= 4 is 5.69 Å². The van der Waals surface area contributed by atoms with Crippen LogP contribution >= 0.6 is 0 Å². The molecule has 0 bridgehead atoms. The average Bonchev–Trinajstić information content (AvgIpc) is 2.75. The second-order valence-corrected chi connectivity index (χ2v) is 4.70. The Labute approximate surface area is 100 Å². The molecular formula is C13H16N4. The fourth-order valence-corrected chi connectivity index (χ4v) is 2.43. The van der Waals surface area contributed by atoms with E-state index in [0.717, 1.165) is 29.4 Å². The lowest BCUT2D eigenvalue weighted by atomic mass is 10.0. The minimum absolute atomic E-state index is 0.513. The van der Waals surface area contributed by atoms with E-state index in [-0.39, 0.29) is 0 Å². The molecule has 1 unspecified atom stereocenters. The van der Waals surface area contributed by atoms with E-state index in [1.165, 1.54) is 12.8 Å². The van der Waals surface area contributed by atoms with Gasteiger partial charge in [0.05, 0.1) is 0 Å². The Morgan fingerprint density at radius 2 is 2.00 bits per heavy atom. The summed E-state index contributed by atoms with van der Waals surface area (Å²) >= 11 is 0. The number of hydrogen-bond acceptors (Lipinski definition) is 3. The molecule has 17 heavy (non-hydrogen) atoms. The summed E-state index contributed by atoms with van der Waals surface area (Å²) in [6.07, 6.45) is 2.41. The quantitative estimate of drug-likeness (QED) is 0.763. The maximum atomic E-state index is 5.70. The smallest absolute Gasteiger partial charge is 0.163 e. The molecule has 2 heterocycles. The number of benzene rings is 1. The van der Waals surface area contributed by atoms with Gasteiger partial charge in [-0.15, -0.1) is 10.2 Å². The molecule has 4 nitrogen and oxygen atoms in total. The molecule has 3 rings (SSSR count). The Hall–Kier alpha value is -1.84. The van der Waals surface area contributed by atoms with Gasteiger partial charge >= 0.3 is 0 Å². The SMILES string of the molecule is CC1CCCn2c(-c3ccc(N)cc3)nnc21. The minimum atomic E-state index is 0.513. The van der Waals surface area contributed by atoms with Crippen LogP contribution in [0.3, 0.4) is 0 Å². The molecule has 1 aliphatic heterocycles. The van der Waals surface area contributed by atoms with Crippen LogP contribution in [-0.4, -0.2) is 14.8 Å². The Morgan fingerprint density at radius 3 is 2.76 bits per heavy atom. The fraction of sp³-hybridized carbons (Fsp3) is 0.385. The Morgan fingerprint density at radius 1 is 1.24 bits per heavy atom. The topological polar surface area (TPSA) is 56.7 Å².